The molecular weight excluding hydrogens is 308 g/mol. The predicted molar refractivity (Wildman–Crippen MR) is 82.6 cm³/mol. The molecule has 2 heterocycles. The van der Waals surface area contributed by atoms with Crippen LogP contribution in [0.1, 0.15) is 6.42 Å². The molecule has 2 rings (SSSR count). The summed E-state index contributed by atoms with van der Waals surface area (Å²) in [6.45, 7) is 5.63. The van der Waals surface area contributed by atoms with Crippen molar-refractivity contribution in [2.45, 2.75) is 6.42 Å². The fourth-order valence-electron chi connectivity index (χ4n) is 2.64. The van der Waals surface area contributed by atoms with Crippen LogP contribution in [0, 0.1) is 0 Å². The van der Waals surface area contributed by atoms with E-state index in [1.165, 1.54) is 22.7 Å². The van der Waals surface area contributed by atoms with E-state index in [9.17, 15) is 13.2 Å². The smallest absolute Gasteiger partial charge is 0.281 e. The Morgan fingerprint density at radius 2 is 1.64 bits per heavy atom. The Morgan fingerprint density at radius 1 is 1.05 bits per heavy atom. The van der Waals surface area contributed by atoms with Gasteiger partial charge >= 0.3 is 0 Å². The van der Waals surface area contributed by atoms with Crippen molar-refractivity contribution in [2.24, 2.45) is 0 Å². The van der Waals surface area contributed by atoms with Crippen molar-refractivity contribution in [2.75, 3.05) is 73.1 Å². The number of piperazine rings is 1. The van der Waals surface area contributed by atoms with E-state index >= 15 is 0 Å². The third kappa shape index (κ3) is 4.39. The zero-order valence-electron chi connectivity index (χ0n) is 13.4. The summed E-state index contributed by atoms with van der Waals surface area (Å²) >= 11 is 0. The highest BCUT2D eigenvalue weighted by atomic mass is 32.2. The number of morpholine rings is 1. The second kappa shape index (κ2) is 7.69. The Kier molecular flexibility index (Phi) is 6.16. The summed E-state index contributed by atoms with van der Waals surface area (Å²) in [7, 11) is -0.326. The highest BCUT2D eigenvalue weighted by molar-refractivity contribution is 7.86. The maximum atomic E-state index is 12.2. The van der Waals surface area contributed by atoms with E-state index in [2.05, 4.69) is 4.90 Å². The second-order valence-electron chi connectivity index (χ2n) is 5.77. The molecule has 0 aromatic heterocycles. The minimum Gasteiger partial charge on any atom is -0.379 e. The van der Waals surface area contributed by atoms with Crippen molar-refractivity contribution in [1.29, 1.82) is 0 Å². The molecule has 2 saturated heterocycles. The Morgan fingerprint density at radius 3 is 2.18 bits per heavy atom. The van der Waals surface area contributed by atoms with Crippen molar-refractivity contribution < 1.29 is 17.9 Å². The van der Waals surface area contributed by atoms with Crippen LogP contribution in [-0.4, -0.2) is 106 Å². The molecule has 0 aromatic carbocycles. The first-order valence-electron chi connectivity index (χ1n) is 7.67. The van der Waals surface area contributed by atoms with Gasteiger partial charge in [0.05, 0.1) is 13.2 Å². The zero-order chi connectivity index (χ0) is 16.2. The molecule has 0 radical (unpaired) electrons. The number of amides is 1. The zero-order valence-corrected chi connectivity index (χ0v) is 14.2. The van der Waals surface area contributed by atoms with Gasteiger partial charge in [0.1, 0.15) is 0 Å². The average Bonchev–Trinajstić information content (AvgIpc) is 2.53. The molecule has 2 aliphatic heterocycles. The lowest BCUT2D eigenvalue weighted by atomic mass is 10.3. The monoisotopic (exact) mass is 334 g/mol. The Bertz CT molecular complexity index is 468. The molecular formula is C13H26N4O4S. The molecule has 0 spiro atoms. The fraction of sp³-hybridized carbons (Fsp3) is 0.923. The molecule has 0 bridgehead atoms. The van der Waals surface area contributed by atoms with E-state index in [0.717, 1.165) is 32.8 Å². The van der Waals surface area contributed by atoms with Crippen LogP contribution in [0.3, 0.4) is 0 Å². The standard InChI is InChI=1S/C13H26N4O4S/c1-14(2)22(19,20)17-7-5-16(6-8-17)13(18)3-4-15-9-11-21-12-10-15/h3-12H2,1-2H3. The first-order chi connectivity index (χ1) is 10.4. The van der Waals surface area contributed by atoms with Crippen molar-refractivity contribution in [1.82, 2.24) is 18.4 Å². The molecule has 2 aliphatic rings. The molecule has 0 saturated carbocycles. The van der Waals surface area contributed by atoms with Gasteiger partial charge in [-0.25, -0.2) is 0 Å². The van der Waals surface area contributed by atoms with E-state index in [-0.39, 0.29) is 5.91 Å². The van der Waals surface area contributed by atoms with Crippen molar-refractivity contribution in [3.8, 4) is 0 Å². The molecule has 0 unspecified atom stereocenters. The van der Waals surface area contributed by atoms with Crippen LogP contribution < -0.4 is 0 Å². The normalized spacial score (nSPS) is 22.2. The first kappa shape index (κ1) is 17.6. The molecule has 0 aliphatic carbocycles. The van der Waals surface area contributed by atoms with Crippen LogP contribution in [0.5, 0.6) is 0 Å². The number of carbonyl (C=O) groups is 1. The highest BCUT2D eigenvalue weighted by Gasteiger charge is 2.30. The molecule has 1 amide bonds. The van der Waals surface area contributed by atoms with Crippen molar-refractivity contribution in [3.05, 3.63) is 0 Å². The van der Waals surface area contributed by atoms with Crippen LogP contribution in [0.15, 0.2) is 0 Å². The Balaban J connectivity index is 1.75. The van der Waals surface area contributed by atoms with Gasteiger partial charge in [0.25, 0.3) is 10.2 Å². The van der Waals surface area contributed by atoms with Crippen molar-refractivity contribution in [3.63, 3.8) is 0 Å². The average molecular weight is 334 g/mol. The minimum atomic E-state index is -3.37. The lowest BCUT2D eigenvalue weighted by molar-refractivity contribution is -0.133. The number of hydrogen-bond acceptors (Lipinski definition) is 5. The van der Waals surface area contributed by atoms with E-state index in [1.807, 2.05) is 0 Å². The van der Waals surface area contributed by atoms with Crippen LogP contribution in [0.4, 0.5) is 0 Å². The van der Waals surface area contributed by atoms with Gasteiger partial charge in [0.2, 0.25) is 5.91 Å². The lowest BCUT2D eigenvalue weighted by Crippen LogP contribution is -2.53. The molecule has 0 N–H and O–H groups in total. The quantitative estimate of drug-likeness (QED) is 0.622. The first-order valence-corrected chi connectivity index (χ1v) is 9.06. The van der Waals surface area contributed by atoms with Crippen LogP contribution in [0.2, 0.25) is 0 Å². The van der Waals surface area contributed by atoms with Gasteiger partial charge in [-0.15, -0.1) is 0 Å². The number of nitrogens with zero attached hydrogens (tertiary/aromatic N) is 4. The summed E-state index contributed by atoms with van der Waals surface area (Å²) < 4.78 is 32.0. The predicted octanol–water partition coefficient (Wildman–Crippen LogP) is -1.34. The Labute approximate surface area is 132 Å². The maximum absolute atomic E-state index is 12.2. The third-order valence-electron chi connectivity index (χ3n) is 4.12. The summed E-state index contributed by atoms with van der Waals surface area (Å²) in [6, 6.07) is 0. The summed E-state index contributed by atoms with van der Waals surface area (Å²) in [5.41, 5.74) is 0. The van der Waals surface area contributed by atoms with Gasteiger partial charge in [-0.1, -0.05) is 0 Å². The highest BCUT2D eigenvalue weighted by Crippen LogP contribution is 2.11. The van der Waals surface area contributed by atoms with Gasteiger partial charge in [-0.05, 0) is 0 Å². The SMILES string of the molecule is CN(C)S(=O)(=O)N1CCN(C(=O)CCN2CCOCC2)CC1. The van der Waals surface area contributed by atoms with Crippen molar-refractivity contribution >= 4 is 16.1 Å². The second-order valence-corrected chi connectivity index (χ2v) is 7.92. The molecule has 22 heavy (non-hydrogen) atoms. The molecule has 2 fully saturated rings. The summed E-state index contributed by atoms with van der Waals surface area (Å²) in [6.07, 6.45) is 0.487. The van der Waals surface area contributed by atoms with Gasteiger partial charge in [-0.3, -0.25) is 9.69 Å². The molecule has 8 nitrogen and oxygen atoms in total. The third-order valence-corrected chi connectivity index (χ3v) is 6.07. The summed E-state index contributed by atoms with van der Waals surface area (Å²) in [4.78, 5) is 16.2. The van der Waals surface area contributed by atoms with E-state index < -0.39 is 10.2 Å². The van der Waals surface area contributed by atoms with Crippen LogP contribution >= 0.6 is 0 Å². The van der Waals surface area contributed by atoms with E-state index in [1.54, 1.807) is 4.90 Å². The Hall–Kier alpha value is -0.740. The topological polar surface area (TPSA) is 73.4 Å². The largest absolute Gasteiger partial charge is 0.379 e. The molecule has 128 valence electrons. The number of rotatable bonds is 5. The van der Waals surface area contributed by atoms with Gasteiger partial charge in [0, 0.05) is 66.3 Å². The van der Waals surface area contributed by atoms with Crippen LogP contribution in [0.25, 0.3) is 0 Å². The molecule has 0 aromatic rings. The molecule has 9 heteroatoms. The number of hydrogen-bond donors (Lipinski definition) is 0. The van der Waals surface area contributed by atoms with E-state index in [0.29, 0.717) is 32.6 Å². The van der Waals surface area contributed by atoms with E-state index in [4.69, 9.17) is 4.74 Å². The van der Waals surface area contributed by atoms with Gasteiger partial charge in [0.15, 0.2) is 0 Å². The van der Waals surface area contributed by atoms with Gasteiger partial charge < -0.3 is 9.64 Å². The lowest BCUT2D eigenvalue weighted by Gasteiger charge is -2.35. The minimum absolute atomic E-state index is 0.105. The fourth-order valence-corrected chi connectivity index (χ4v) is 3.72. The number of ether oxygens (including phenoxy) is 1. The summed E-state index contributed by atoms with van der Waals surface area (Å²) in [5, 5.41) is 0. The summed E-state index contributed by atoms with van der Waals surface area (Å²) in [5.74, 6) is 0.105. The van der Waals surface area contributed by atoms with Gasteiger partial charge in [-0.2, -0.15) is 17.0 Å². The maximum Gasteiger partial charge on any atom is 0.281 e. The van der Waals surface area contributed by atoms with Crippen LogP contribution in [-0.2, 0) is 19.7 Å². The number of carbonyl (C=O) groups excluding carboxylic acids is 1. The molecule has 0 atom stereocenters.